The lowest BCUT2D eigenvalue weighted by atomic mass is 10.1. The first kappa shape index (κ1) is 17.8. The van der Waals surface area contributed by atoms with Crippen molar-refractivity contribution in [2.45, 2.75) is 6.92 Å². The summed E-state index contributed by atoms with van der Waals surface area (Å²) in [5.41, 5.74) is 5.56. The van der Waals surface area contributed by atoms with Crippen LogP contribution in [0.3, 0.4) is 0 Å². The number of benzene rings is 3. The molecule has 0 saturated heterocycles. The molecule has 2 N–H and O–H groups in total. The molecule has 3 rings (SSSR count). The highest BCUT2D eigenvalue weighted by atomic mass is 35.5. The Bertz CT molecular complexity index is 955. The lowest BCUT2D eigenvalue weighted by molar-refractivity contribution is 0.0844. The second-order valence-corrected chi connectivity index (χ2v) is 5.98. The lowest BCUT2D eigenvalue weighted by Crippen LogP contribution is -2.41. The summed E-state index contributed by atoms with van der Waals surface area (Å²) < 4.78 is 5.58. The van der Waals surface area contributed by atoms with E-state index in [4.69, 9.17) is 16.3 Å². The van der Waals surface area contributed by atoms with Crippen LogP contribution in [0.15, 0.2) is 60.7 Å². The third kappa shape index (κ3) is 3.95. The first-order chi connectivity index (χ1) is 12.6. The number of hydrogen-bond donors (Lipinski definition) is 2. The average Bonchev–Trinajstić information content (AvgIpc) is 2.66. The van der Waals surface area contributed by atoms with Gasteiger partial charge in [0.25, 0.3) is 11.8 Å². The van der Waals surface area contributed by atoms with Crippen LogP contribution in [0.5, 0.6) is 5.75 Å². The Morgan fingerprint density at radius 2 is 1.54 bits per heavy atom. The summed E-state index contributed by atoms with van der Waals surface area (Å²) >= 11 is 5.80. The molecule has 3 aromatic rings. The highest BCUT2D eigenvalue weighted by molar-refractivity contribution is 6.30. The largest absolute Gasteiger partial charge is 0.493 e. The second kappa shape index (κ2) is 7.89. The van der Waals surface area contributed by atoms with Crippen LogP contribution in [0.4, 0.5) is 0 Å². The Balaban J connectivity index is 1.79. The van der Waals surface area contributed by atoms with Crippen LogP contribution in [0.25, 0.3) is 10.8 Å². The summed E-state index contributed by atoms with van der Waals surface area (Å²) in [5, 5.41) is 2.41. The number of hydrogen-bond acceptors (Lipinski definition) is 3. The minimum Gasteiger partial charge on any atom is -0.493 e. The molecule has 5 nitrogen and oxygen atoms in total. The van der Waals surface area contributed by atoms with Crippen molar-refractivity contribution in [2.24, 2.45) is 0 Å². The van der Waals surface area contributed by atoms with Crippen LogP contribution in [0.2, 0.25) is 5.02 Å². The molecule has 0 aromatic heterocycles. The summed E-state index contributed by atoms with van der Waals surface area (Å²) in [4.78, 5) is 24.7. The smallest absolute Gasteiger partial charge is 0.273 e. The van der Waals surface area contributed by atoms with Crippen molar-refractivity contribution < 1.29 is 14.3 Å². The molecule has 6 heteroatoms. The van der Waals surface area contributed by atoms with Crippen molar-refractivity contribution in [3.63, 3.8) is 0 Å². The molecule has 0 aliphatic heterocycles. The molecule has 0 radical (unpaired) electrons. The SMILES string of the molecule is CCOc1cc2ccccc2cc1C(=O)NNC(=O)c1ccc(Cl)cc1. The molecule has 0 saturated carbocycles. The normalized spacial score (nSPS) is 10.4. The quantitative estimate of drug-likeness (QED) is 0.685. The molecule has 2 amide bonds. The van der Waals surface area contributed by atoms with Crippen molar-refractivity contribution in [3.05, 3.63) is 76.8 Å². The van der Waals surface area contributed by atoms with Crippen LogP contribution in [-0.2, 0) is 0 Å². The highest BCUT2D eigenvalue weighted by Crippen LogP contribution is 2.26. The first-order valence-corrected chi connectivity index (χ1v) is 8.48. The van der Waals surface area contributed by atoms with E-state index in [1.165, 1.54) is 0 Å². The number of carbonyl (C=O) groups excluding carboxylic acids is 2. The first-order valence-electron chi connectivity index (χ1n) is 8.10. The molecule has 0 spiro atoms. The maximum absolute atomic E-state index is 12.5. The molecule has 132 valence electrons. The molecule has 0 bridgehead atoms. The minimum absolute atomic E-state index is 0.349. The van der Waals surface area contributed by atoms with Crippen LogP contribution >= 0.6 is 11.6 Å². The lowest BCUT2D eigenvalue weighted by Gasteiger charge is -2.13. The summed E-state index contributed by atoms with van der Waals surface area (Å²) in [5.74, 6) is -0.431. The number of halogens is 1. The predicted molar refractivity (Wildman–Crippen MR) is 102 cm³/mol. The molecule has 0 atom stereocenters. The Morgan fingerprint density at radius 1 is 0.923 bits per heavy atom. The maximum Gasteiger partial charge on any atom is 0.273 e. The van der Waals surface area contributed by atoms with Crippen molar-refractivity contribution >= 4 is 34.2 Å². The molecule has 0 fully saturated rings. The van der Waals surface area contributed by atoms with Crippen LogP contribution in [0.1, 0.15) is 27.6 Å². The average molecular weight is 369 g/mol. The van der Waals surface area contributed by atoms with E-state index >= 15 is 0 Å². The van der Waals surface area contributed by atoms with Gasteiger partial charge in [0, 0.05) is 10.6 Å². The molecular formula is C20H17ClN2O3. The Kier molecular flexibility index (Phi) is 5.39. The van der Waals surface area contributed by atoms with Gasteiger partial charge in [-0.15, -0.1) is 0 Å². The van der Waals surface area contributed by atoms with E-state index in [0.717, 1.165) is 10.8 Å². The molecular weight excluding hydrogens is 352 g/mol. The standard InChI is InChI=1S/C20H17ClN2O3/c1-2-26-18-12-15-6-4-3-5-14(15)11-17(18)20(25)23-22-19(24)13-7-9-16(21)10-8-13/h3-12H,2H2,1H3,(H,22,24)(H,23,25). The fourth-order valence-corrected chi connectivity index (χ4v) is 2.65. The summed E-state index contributed by atoms with van der Waals surface area (Å²) in [7, 11) is 0. The van der Waals surface area contributed by atoms with E-state index in [1.807, 2.05) is 37.3 Å². The van der Waals surface area contributed by atoms with Crippen molar-refractivity contribution in [1.82, 2.24) is 10.9 Å². The van der Waals surface area contributed by atoms with Gasteiger partial charge in [-0.05, 0) is 54.1 Å². The van der Waals surface area contributed by atoms with Gasteiger partial charge < -0.3 is 4.74 Å². The number of rotatable bonds is 4. The molecule has 0 unspecified atom stereocenters. The predicted octanol–water partition coefficient (Wildman–Crippen LogP) is 3.97. The molecule has 0 heterocycles. The molecule has 0 aliphatic rings. The van der Waals surface area contributed by atoms with E-state index in [9.17, 15) is 9.59 Å². The van der Waals surface area contributed by atoms with E-state index in [2.05, 4.69) is 10.9 Å². The van der Waals surface area contributed by atoms with Gasteiger partial charge in [0.05, 0.1) is 12.2 Å². The number of fused-ring (bicyclic) bond motifs is 1. The summed E-state index contributed by atoms with van der Waals surface area (Å²) in [6.45, 7) is 2.27. The second-order valence-electron chi connectivity index (χ2n) is 5.54. The van der Waals surface area contributed by atoms with E-state index in [1.54, 1.807) is 30.3 Å². The number of ether oxygens (including phenoxy) is 1. The minimum atomic E-state index is -0.457. The van der Waals surface area contributed by atoms with Crippen LogP contribution in [0, 0.1) is 0 Å². The summed E-state index contributed by atoms with van der Waals surface area (Å²) in [6.07, 6.45) is 0. The van der Waals surface area contributed by atoms with E-state index in [-0.39, 0.29) is 0 Å². The third-order valence-corrected chi connectivity index (χ3v) is 4.04. The van der Waals surface area contributed by atoms with E-state index in [0.29, 0.717) is 28.5 Å². The summed E-state index contributed by atoms with van der Waals surface area (Å²) in [6, 6.07) is 17.6. The third-order valence-electron chi connectivity index (χ3n) is 3.79. The van der Waals surface area contributed by atoms with Gasteiger partial charge in [-0.3, -0.25) is 20.4 Å². The monoisotopic (exact) mass is 368 g/mol. The van der Waals surface area contributed by atoms with E-state index < -0.39 is 11.8 Å². The number of hydrazine groups is 1. The van der Waals surface area contributed by atoms with Crippen molar-refractivity contribution in [1.29, 1.82) is 0 Å². The van der Waals surface area contributed by atoms with Gasteiger partial charge >= 0.3 is 0 Å². The number of nitrogens with one attached hydrogen (secondary N) is 2. The van der Waals surface area contributed by atoms with Crippen molar-refractivity contribution in [3.8, 4) is 5.75 Å². The van der Waals surface area contributed by atoms with Gasteiger partial charge in [-0.1, -0.05) is 35.9 Å². The molecule has 3 aromatic carbocycles. The van der Waals surface area contributed by atoms with Crippen molar-refractivity contribution in [2.75, 3.05) is 6.61 Å². The zero-order valence-electron chi connectivity index (χ0n) is 14.1. The molecule has 26 heavy (non-hydrogen) atoms. The zero-order chi connectivity index (χ0) is 18.5. The van der Waals surface area contributed by atoms with Crippen LogP contribution in [-0.4, -0.2) is 18.4 Å². The fourth-order valence-electron chi connectivity index (χ4n) is 2.53. The Morgan fingerprint density at radius 3 is 2.19 bits per heavy atom. The number of carbonyl (C=O) groups is 2. The number of amides is 2. The van der Waals surface area contributed by atoms with Crippen LogP contribution < -0.4 is 15.6 Å². The fraction of sp³-hybridized carbons (Fsp3) is 0.100. The topological polar surface area (TPSA) is 67.4 Å². The van der Waals surface area contributed by atoms with Gasteiger partial charge in [0.15, 0.2) is 0 Å². The van der Waals surface area contributed by atoms with Gasteiger partial charge in [-0.2, -0.15) is 0 Å². The molecule has 0 aliphatic carbocycles. The Labute approximate surface area is 155 Å². The maximum atomic E-state index is 12.5. The van der Waals surface area contributed by atoms with Gasteiger partial charge in [0.2, 0.25) is 0 Å². The Hall–Kier alpha value is -3.05. The van der Waals surface area contributed by atoms with Gasteiger partial charge in [-0.25, -0.2) is 0 Å². The highest BCUT2D eigenvalue weighted by Gasteiger charge is 2.15. The van der Waals surface area contributed by atoms with Gasteiger partial charge in [0.1, 0.15) is 5.75 Å². The zero-order valence-corrected chi connectivity index (χ0v) is 14.8.